The molecule has 2 aromatic rings. The van der Waals surface area contributed by atoms with E-state index in [1.165, 1.54) is 10.5 Å². The van der Waals surface area contributed by atoms with Gasteiger partial charge in [-0.3, -0.25) is 14.5 Å². The molecule has 0 aromatic heterocycles. The van der Waals surface area contributed by atoms with Gasteiger partial charge in [0.1, 0.15) is 0 Å². The van der Waals surface area contributed by atoms with Crippen molar-refractivity contribution in [2.45, 2.75) is 13.8 Å². The van der Waals surface area contributed by atoms with Crippen molar-refractivity contribution in [3.63, 3.8) is 0 Å². The third-order valence-corrected chi connectivity index (χ3v) is 4.83. The third kappa shape index (κ3) is 3.51. The van der Waals surface area contributed by atoms with E-state index in [0.717, 1.165) is 28.6 Å². The molecule has 0 bridgehead atoms. The van der Waals surface area contributed by atoms with E-state index in [1.807, 2.05) is 62.4 Å². The second-order valence-corrected chi connectivity index (χ2v) is 6.65. The van der Waals surface area contributed by atoms with Crippen LogP contribution in [0.4, 0.5) is 10.5 Å². The Hall–Kier alpha value is -2.53. The molecular weight excluding hydrogens is 320 g/mol. The topological polar surface area (TPSA) is 49.4 Å². The molecule has 0 radical (unpaired) electrons. The van der Waals surface area contributed by atoms with Crippen LogP contribution in [0, 0.1) is 13.8 Å². The van der Waals surface area contributed by atoms with E-state index in [-0.39, 0.29) is 17.8 Å². The molecule has 1 N–H and O–H groups in total. The van der Waals surface area contributed by atoms with E-state index < -0.39 is 0 Å². The zero-order valence-corrected chi connectivity index (χ0v) is 14.4. The summed E-state index contributed by atoms with van der Waals surface area (Å²) in [7, 11) is 0. The van der Waals surface area contributed by atoms with Crippen LogP contribution in [0.3, 0.4) is 0 Å². The Morgan fingerprint density at radius 3 is 2.50 bits per heavy atom. The largest absolute Gasteiger partial charge is 0.367 e. The second-order valence-electron chi connectivity index (χ2n) is 5.65. The molecule has 1 heterocycles. The molecule has 24 heavy (non-hydrogen) atoms. The number of carbonyl (C=O) groups excluding carboxylic acids is 2. The van der Waals surface area contributed by atoms with Gasteiger partial charge in [-0.2, -0.15) is 0 Å². The normalized spacial score (nSPS) is 16.1. The molecule has 4 nitrogen and oxygen atoms in total. The van der Waals surface area contributed by atoms with Crippen LogP contribution >= 0.6 is 11.8 Å². The van der Waals surface area contributed by atoms with Gasteiger partial charge in [0.25, 0.3) is 11.1 Å². The molecule has 1 fully saturated rings. The van der Waals surface area contributed by atoms with E-state index in [9.17, 15) is 9.59 Å². The van der Waals surface area contributed by atoms with Crippen molar-refractivity contribution in [2.24, 2.45) is 0 Å². The van der Waals surface area contributed by atoms with Gasteiger partial charge in [0.05, 0.1) is 11.6 Å². The zero-order chi connectivity index (χ0) is 17.1. The first-order valence-electron chi connectivity index (χ1n) is 7.66. The summed E-state index contributed by atoms with van der Waals surface area (Å²) in [6, 6.07) is 15.5. The van der Waals surface area contributed by atoms with E-state index in [4.69, 9.17) is 0 Å². The summed E-state index contributed by atoms with van der Waals surface area (Å²) >= 11 is 0.976. The Balaban J connectivity index is 1.70. The minimum Gasteiger partial charge on any atom is -0.367 e. The first-order chi connectivity index (χ1) is 11.5. The fourth-order valence-electron chi connectivity index (χ4n) is 2.36. The predicted octanol–water partition coefficient (Wildman–Crippen LogP) is 4.41. The van der Waals surface area contributed by atoms with Crippen LogP contribution in [0.2, 0.25) is 0 Å². The van der Waals surface area contributed by atoms with Crippen LogP contribution in [0.25, 0.3) is 6.08 Å². The van der Waals surface area contributed by atoms with Crippen molar-refractivity contribution >= 4 is 34.7 Å². The van der Waals surface area contributed by atoms with Crippen LogP contribution in [-0.2, 0) is 4.79 Å². The highest BCUT2D eigenvalue weighted by Gasteiger charge is 2.34. The molecule has 1 saturated heterocycles. The Bertz CT molecular complexity index is 815. The lowest BCUT2D eigenvalue weighted by atomic mass is 10.1. The molecular formula is C19H18N2O2S. The van der Waals surface area contributed by atoms with Crippen LogP contribution in [-0.4, -0.2) is 22.7 Å². The molecule has 1 aliphatic heterocycles. The molecule has 0 aliphatic carbocycles. The molecule has 0 atom stereocenters. The maximum atomic E-state index is 12.4. The van der Waals surface area contributed by atoms with Gasteiger partial charge in [-0.15, -0.1) is 0 Å². The number of nitrogens with one attached hydrogen (secondary N) is 1. The lowest BCUT2D eigenvalue weighted by Crippen LogP contribution is -2.33. The molecule has 5 heteroatoms. The number of nitrogens with zero attached hydrogens (tertiary/aromatic N) is 1. The first kappa shape index (κ1) is 16.3. The van der Waals surface area contributed by atoms with Crippen LogP contribution < -0.4 is 5.32 Å². The molecule has 1 aliphatic rings. The second kappa shape index (κ2) is 6.93. The lowest BCUT2D eigenvalue weighted by molar-refractivity contribution is -0.122. The predicted molar refractivity (Wildman–Crippen MR) is 98.7 cm³/mol. The number of anilines is 1. The van der Waals surface area contributed by atoms with Gasteiger partial charge < -0.3 is 5.32 Å². The van der Waals surface area contributed by atoms with Crippen molar-refractivity contribution in [1.29, 1.82) is 0 Å². The SMILES string of the molecule is Cc1ccc(NCN2C(=O)S/C(=C/c3ccccc3)C2=O)cc1C. The van der Waals surface area contributed by atoms with Crippen LogP contribution in [0.15, 0.2) is 53.4 Å². The highest BCUT2D eigenvalue weighted by molar-refractivity contribution is 8.18. The summed E-state index contributed by atoms with van der Waals surface area (Å²) in [5.74, 6) is -0.259. The summed E-state index contributed by atoms with van der Waals surface area (Å²) in [5, 5.41) is 2.89. The fourth-order valence-corrected chi connectivity index (χ4v) is 3.20. The van der Waals surface area contributed by atoms with Crippen LogP contribution in [0.5, 0.6) is 0 Å². The van der Waals surface area contributed by atoms with Gasteiger partial charge in [0.2, 0.25) is 0 Å². The van der Waals surface area contributed by atoms with E-state index in [2.05, 4.69) is 5.32 Å². The number of amides is 2. The minimum absolute atomic E-state index is 0.166. The number of thioether (sulfide) groups is 1. The Morgan fingerprint density at radius 1 is 1.04 bits per heavy atom. The van der Waals surface area contributed by atoms with Crippen molar-refractivity contribution in [1.82, 2.24) is 4.90 Å². The maximum absolute atomic E-state index is 12.4. The average Bonchev–Trinajstić information content (AvgIpc) is 2.83. The number of carbonyl (C=O) groups is 2. The third-order valence-electron chi connectivity index (χ3n) is 3.92. The van der Waals surface area contributed by atoms with Gasteiger partial charge in [-0.25, -0.2) is 0 Å². The molecule has 0 spiro atoms. The molecule has 122 valence electrons. The summed E-state index contributed by atoms with van der Waals surface area (Å²) in [4.78, 5) is 26.2. The molecule has 2 aromatic carbocycles. The number of hydrogen-bond acceptors (Lipinski definition) is 4. The summed E-state index contributed by atoms with van der Waals surface area (Å²) in [6.07, 6.45) is 1.75. The zero-order valence-electron chi connectivity index (χ0n) is 13.6. The summed E-state index contributed by atoms with van der Waals surface area (Å²) < 4.78 is 0. The van der Waals surface area contributed by atoms with E-state index in [1.54, 1.807) is 6.08 Å². The monoisotopic (exact) mass is 338 g/mol. The molecule has 2 amide bonds. The smallest absolute Gasteiger partial charge is 0.295 e. The van der Waals surface area contributed by atoms with Gasteiger partial charge in [-0.05, 0) is 60.5 Å². The Kier molecular flexibility index (Phi) is 4.71. The number of hydrogen-bond donors (Lipinski definition) is 1. The fraction of sp³-hybridized carbons (Fsp3) is 0.158. The number of rotatable bonds is 4. The molecule has 0 saturated carbocycles. The van der Waals surface area contributed by atoms with Crippen LogP contribution in [0.1, 0.15) is 16.7 Å². The highest BCUT2D eigenvalue weighted by Crippen LogP contribution is 2.32. The molecule has 0 unspecified atom stereocenters. The average molecular weight is 338 g/mol. The lowest BCUT2D eigenvalue weighted by Gasteiger charge is -2.15. The minimum atomic E-state index is -0.259. The molecule has 3 rings (SSSR count). The van der Waals surface area contributed by atoms with Gasteiger partial charge >= 0.3 is 0 Å². The maximum Gasteiger partial charge on any atom is 0.295 e. The van der Waals surface area contributed by atoms with E-state index in [0.29, 0.717) is 4.91 Å². The van der Waals surface area contributed by atoms with Crippen molar-refractivity contribution in [3.8, 4) is 0 Å². The van der Waals surface area contributed by atoms with Crippen molar-refractivity contribution < 1.29 is 9.59 Å². The Morgan fingerprint density at radius 2 is 1.79 bits per heavy atom. The van der Waals surface area contributed by atoms with Gasteiger partial charge in [0, 0.05) is 5.69 Å². The quantitative estimate of drug-likeness (QED) is 0.839. The first-order valence-corrected chi connectivity index (χ1v) is 8.48. The van der Waals surface area contributed by atoms with Crippen molar-refractivity contribution in [2.75, 3.05) is 12.0 Å². The standard InChI is InChI=1S/C19H18N2O2S/c1-13-8-9-16(10-14(13)2)20-12-21-18(22)17(24-19(21)23)11-15-6-4-3-5-7-15/h3-11,20H,12H2,1-2H3/b17-11+. The number of imide groups is 1. The van der Waals surface area contributed by atoms with Crippen molar-refractivity contribution in [3.05, 3.63) is 70.1 Å². The summed E-state index contributed by atoms with van der Waals surface area (Å²) in [6.45, 7) is 4.24. The Labute approximate surface area is 145 Å². The number of benzene rings is 2. The highest BCUT2D eigenvalue weighted by atomic mass is 32.2. The van der Waals surface area contributed by atoms with Gasteiger partial charge in [0.15, 0.2) is 0 Å². The summed E-state index contributed by atoms with van der Waals surface area (Å²) in [5.41, 5.74) is 4.17. The van der Waals surface area contributed by atoms with E-state index >= 15 is 0 Å². The number of aryl methyl sites for hydroxylation is 2. The van der Waals surface area contributed by atoms with Gasteiger partial charge in [-0.1, -0.05) is 36.4 Å².